The highest BCUT2D eigenvalue weighted by molar-refractivity contribution is 6.02. The third-order valence-corrected chi connectivity index (χ3v) is 4.99. The van der Waals surface area contributed by atoms with Gasteiger partial charge in [0.25, 0.3) is 11.8 Å². The number of nitrogens with one attached hydrogen (secondary N) is 1. The van der Waals surface area contributed by atoms with E-state index in [-0.39, 0.29) is 36.9 Å². The van der Waals surface area contributed by atoms with Crippen LogP contribution < -0.4 is 15.0 Å². The van der Waals surface area contributed by atoms with E-state index in [2.05, 4.69) is 5.32 Å². The van der Waals surface area contributed by atoms with E-state index in [9.17, 15) is 14.4 Å². The van der Waals surface area contributed by atoms with Crippen LogP contribution in [-0.4, -0.2) is 54.9 Å². The molecule has 2 aliphatic rings. The summed E-state index contributed by atoms with van der Waals surface area (Å²) in [7, 11) is 0. The smallest absolute Gasteiger partial charge is 0.289 e. The van der Waals surface area contributed by atoms with Crippen LogP contribution >= 0.6 is 0 Å². The average Bonchev–Trinajstić information content (AvgIpc) is 3.25. The zero-order valence-electron chi connectivity index (χ0n) is 15.3. The largest absolute Gasteiger partial charge is 0.482 e. The molecule has 1 saturated heterocycles. The van der Waals surface area contributed by atoms with Gasteiger partial charge in [-0.25, -0.2) is 0 Å². The van der Waals surface area contributed by atoms with E-state index < -0.39 is 0 Å². The molecule has 0 radical (unpaired) electrons. The number of carbonyl (C=O) groups excluding carboxylic acids is 3. The second-order valence-corrected chi connectivity index (χ2v) is 6.85. The Morgan fingerprint density at radius 3 is 2.64 bits per heavy atom. The van der Waals surface area contributed by atoms with Crippen molar-refractivity contribution in [3.63, 3.8) is 0 Å². The van der Waals surface area contributed by atoms with E-state index >= 15 is 0 Å². The van der Waals surface area contributed by atoms with Crippen LogP contribution in [0.1, 0.15) is 23.4 Å². The molecule has 0 aliphatic carbocycles. The summed E-state index contributed by atoms with van der Waals surface area (Å²) >= 11 is 0. The first-order valence-corrected chi connectivity index (χ1v) is 9.26. The Bertz CT molecular complexity index is 872. The molecule has 0 atom stereocenters. The molecule has 0 saturated carbocycles. The number of furan rings is 1. The number of piperidine rings is 1. The minimum absolute atomic E-state index is 0.0282. The maximum Gasteiger partial charge on any atom is 0.289 e. The summed E-state index contributed by atoms with van der Waals surface area (Å²) in [6.07, 6.45) is 2.79. The van der Waals surface area contributed by atoms with Gasteiger partial charge in [-0.2, -0.15) is 0 Å². The summed E-state index contributed by atoms with van der Waals surface area (Å²) < 4.78 is 10.5. The lowest BCUT2D eigenvalue weighted by Crippen LogP contribution is -2.50. The Balaban J connectivity index is 1.31. The molecule has 2 aromatic rings. The Morgan fingerprint density at radius 2 is 1.89 bits per heavy atom. The van der Waals surface area contributed by atoms with Crippen LogP contribution in [0.15, 0.2) is 47.1 Å². The van der Waals surface area contributed by atoms with E-state index in [4.69, 9.17) is 9.15 Å². The van der Waals surface area contributed by atoms with Crippen molar-refractivity contribution in [3.05, 3.63) is 48.4 Å². The van der Waals surface area contributed by atoms with Gasteiger partial charge in [-0.1, -0.05) is 12.1 Å². The SMILES string of the molecule is O=C(CN1C(=O)COc2ccccc21)NC1CCN(C(=O)c2ccco2)CC1. The quantitative estimate of drug-likeness (QED) is 0.862. The maximum atomic E-state index is 12.5. The first-order valence-electron chi connectivity index (χ1n) is 9.26. The lowest BCUT2D eigenvalue weighted by molar-refractivity contribution is -0.125. The zero-order chi connectivity index (χ0) is 19.5. The van der Waals surface area contributed by atoms with Crippen LogP contribution in [0.2, 0.25) is 0 Å². The zero-order valence-corrected chi connectivity index (χ0v) is 15.3. The van der Waals surface area contributed by atoms with Crippen LogP contribution in [-0.2, 0) is 9.59 Å². The predicted molar refractivity (Wildman–Crippen MR) is 100 cm³/mol. The van der Waals surface area contributed by atoms with Gasteiger partial charge in [0.05, 0.1) is 12.0 Å². The average molecular weight is 383 g/mol. The lowest BCUT2D eigenvalue weighted by atomic mass is 10.0. The van der Waals surface area contributed by atoms with E-state index in [1.165, 1.54) is 11.2 Å². The van der Waals surface area contributed by atoms with E-state index in [1.54, 1.807) is 35.2 Å². The van der Waals surface area contributed by atoms with Crippen molar-refractivity contribution in [2.24, 2.45) is 0 Å². The number of nitrogens with zero attached hydrogens (tertiary/aromatic N) is 2. The van der Waals surface area contributed by atoms with Crippen molar-refractivity contribution < 1.29 is 23.5 Å². The fourth-order valence-electron chi connectivity index (χ4n) is 3.53. The van der Waals surface area contributed by atoms with Crippen LogP contribution in [0.3, 0.4) is 0 Å². The van der Waals surface area contributed by atoms with E-state index in [1.807, 2.05) is 6.07 Å². The molecule has 3 amide bonds. The number of carbonyl (C=O) groups is 3. The summed E-state index contributed by atoms with van der Waals surface area (Å²) in [5.74, 6) is 0.325. The summed E-state index contributed by atoms with van der Waals surface area (Å²) in [6.45, 7) is 0.968. The molecule has 0 spiro atoms. The second-order valence-electron chi connectivity index (χ2n) is 6.85. The fraction of sp³-hybridized carbons (Fsp3) is 0.350. The molecule has 1 aromatic heterocycles. The number of rotatable bonds is 4. The van der Waals surface area contributed by atoms with Crippen molar-refractivity contribution in [2.45, 2.75) is 18.9 Å². The number of likely N-dealkylation sites (tertiary alicyclic amines) is 1. The van der Waals surface area contributed by atoms with Gasteiger partial charge >= 0.3 is 0 Å². The van der Waals surface area contributed by atoms with Crippen molar-refractivity contribution in [3.8, 4) is 5.75 Å². The highest BCUT2D eigenvalue weighted by Gasteiger charge is 2.29. The number of hydrogen-bond acceptors (Lipinski definition) is 5. The molecule has 0 unspecified atom stereocenters. The molecule has 8 nitrogen and oxygen atoms in total. The molecule has 146 valence electrons. The maximum absolute atomic E-state index is 12.5. The molecule has 4 rings (SSSR count). The monoisotopic (exact) mass is 383 g/mol. The summed E-state index contributed by atoms with van der Waals surface area (Å²) in [6, 6.07) is 10.5. The molecule has 3 heterocycles. The van der Waals surface area contributed by atoms with E-state index in [0.29, 0.717) is 43.1 Å². The first-order chi connectivity index (χ1) is 13.6. The van der Waals surface area contributed by atoms with Crippen LogP contribution in [0.5, 0.6) is 5.75 Å². The number of hydrogen-bond donors (Lipinski definition) is 1. The summed E-state index contributed by atoms with van der Waals surface area (Å²) in [4.78, 5) is 40.1. The van der Waals surface area contributed by atoms with E-state index in [0.717, 1.165) is 0 Å². The van der Waals surface area contributed by atoms with Gasteiger partial charge in [-0.05, 0) is 37.1 Å². The van der Waals surface area contributed by atoms with Gasteiger partial charge in [0.2, 0.25) is 5.91 Å². The number of anilines is 1. The molecule has 1 aromatic carbocycles. The third-order valence-electron chi connectivity index (χ3n) is 4.99. The third kappa shape index (κ3) is 3.71. The Hall–Kier alpha value is -3.29. The highest BCUT2D eigenvalue weighted by Crippen LogP contribution is 2.31. The lowest BCUT2D eigenvalue weighted by Gasteiger charge is -2.33. The minimum Gasteiger partial charge on any atom is -0.482 e. The normalized spacial score (nSPS) is 17.1. The van der Waals surface area contributed by atoms with Gasteiger partial charge in [-0.3, -0.25) is 19.3 Å². The van der Waals surface area contributed by atoms with Crippen LogP contribution in [0.25, 0.3) is 0 Å². The van der Waals surface area contributed by atoms with Gasteiger partial charge in [-0.15, -0.1) is 0 Å². The first kappa shape index (κ1) is 18.1. The number of benzene rings is 1. The van der Waals surface area contributed by atoms with Crippen molar-refractivity contribution >= 4 is 23.4 Å². The fourth-order valence-corrected chi connectivity index (χ4v) is 3.53. The minimum atomic E-state index is -0.243. The topological polar surface area (TPSA) is 92.1 Å². The molecule has 2 aliphatic heterocycles. The summed E-state index contributed by atoms with van der Waals surface area (Å²) in [5.41, 5.74) is 0.604. The molecule has 0 bridgehead atoms. The Kier molecular flexibility index (Phi) is 5.01. The Labute approximate surface area is 162 Å². The molecule has 1 N–H and O–H groups in total. The van der Waals surface area contributed by atoms with Crippen molar-refractivity contribution in [1.29, 1.82) is 0 Å². The number of amides is 3. The second kappa shape index (κ2) is 7.75. The standard InChI is InChI=1S/C20H21N3O5/c24-18(12-23-15-4-1-2-5-16(15)28-13-19(23)25)21-14-7-9-22(10-8-14)20(26)17-6-3-11-27-17/h1-6,11,14H,7-10,12-13H2,(H,21,24). The highest BCUT2D eigenvalue weighted by atomic mass is 16.5. The van der Waals surface area contributed by atoms with Crippen LogP contribution in [0, 0.1) is 0 Å². The number of fused-ring (bicyclic) bond motifs is 1. The summed E-state index contributed by atoms with van der Waals surface area (Å²) in [5, 5.41) is 2.98. The molecule has 8 heteroatoms. The van der Waals surface area contributed by atoms with Crippen LogP contribution in [0.4, 0.5) is 5.69 Å². The number of ether oxygens (including phenoxy) is 1. The van der Waals surface area contributed by atoms with Crippen molar-refractivity contribution in [2.75, 3.05) is 31.1 Å². The molecule has 1 fully saturated rings. The van der Waals surface area contributed by atoms with Gasteiger partial charge in [0, 0.05) is 19.1 Å². The molecular formula is C20H21N3O5. The van der Waals surface area contributed by atoms with Crippen molar-refractivity contribution in [1.82, 2.24) is 10.2 Å². The molecular weight excluding hydrogens is 362 g/mol. The van der Waals surface area contributed by atoms with Gasteiger partial charge < -0.3 is 19.4 Å². The predicted octanol–water partition coefficient (Wildman–Crippen LogP) is 1.43. The Morgan fingerprint density at radius 1 is 1.11 bits per heavy atom. The molecule has 28 heavy (non-hydrogen) atoms. The number of para-hydroxylation sites is 2. The van der Waals surface area contributed by atoms with Gasteiger partial charge in [0.1, 0.15) is 12.3 Å². The van der Waals surface area contributed by atoms with Gasteiger partial charge in [0.15, 0.2) is 12.4 Å².